The maximum atomic E-state index is 11.6. The van der Waals surface area contributed by atoms with E-state index >= 15 is 0 Å². The third-order valence-corrected chi connectivity index (χ3v) is 5.62. The molecule has 5 N–H and O–H groups in total. The topological polar surface area (TPSA) is 134 Å². The second-order valence-electron chi connectivity index (χ2n) is 7.10. The normalized spacial score (nSPS) is 18.1. The van der Waals surface area contributed by atoms with Crippen molar-refractivity contribution in [2.45, 2.75) is 46.1 Å². The van der Waals surface area contributed by atoms with Gasteiger partial charge in [0.1, 0.15) is 5.82 Å². The fraction of sp³-hybridized carbons (Fsp3) is 0.600. The Balaban J connectivity index is 0.000000521. The molecule has 1 aromatic heterocycles. The van der Waals surface area contributed by atoms with Crippen molar-refractivity contribution in [1.82, 2.24) is 19.2 Å². The number of anilines is 2. The number of aromatic nitrogens is 2. The first-order valence-corrected chi connectivity index (χ1v) is 11.2. The van der Waals surface area contributed by atoms with Gasteiger partial charge in [-0.25, -0.2) is 19.1 Å². The summed E-state index contributed by atoms with van der Waals surface area (Å²) < 4.78 is 2.12. The van der Waals surface area contributed by atoms with Gasteiger partial charge in [0.2, 0.25) is 0 Å². The van der Waals surface area contributed by atoms with E-state index in [4.69, 9.17) is 11.5 Å². The predicted molar refractivity (Wildman–Crippen MR) is 128 cm³/mol. The van der Waals surface area contributed by atoms with E-state index in [-0.39, 0.29) is 5.69 Å². The van der Waals surface area contributed by atoms with Gasteiger partial charge in [-0.1, -0.05) is 13.8 Å². The fourth-order valence-electron chi connectivity index (χ4n) is 2.70. The van der Waals surface area contributed by atoms with Gasteiger partial charge in [0, 0.05) is 33.2 Å². The molecule has 3 amide bonds. The number of nitrogens with one attached hydrogen (secondary N) is 1. The fourth-order valence-corrected chi connectivity index (χ4v) is 3.63. The number of carbonyl (C=O) groups is 2. The first-order valence-electron chi connectivity index (χ1n) is 10.5. The Labute approximate surface area is 189 Å². The molecule has 3 rings (SSSR count). The number of piperidine rings is 1. The molecule has 1 fully saturated rings. The zero-order chi connectivity index (χ0) is 23.6. The molecule has 174 valence electrons. The predicted octanol–water partition coefficient (Wildman–Crippen LogP) is 2.45. The third kappa shape index (κ3) is 8.25. The van der Waals surface area contributed by atoms with Crippen LogP contribution in [0.4, 0.5) is 16.4 Å². The molecule has 1 aromatic rings. The summed E-state index contributed by atoms with van der Waals surface area (Å²) in [5.74, 6) is 0.652. The Bertz CT molecular complexity index is 766. The highest BCUT2D eigenvalue weighted by Crippen LogP contribution is 2.31. The van der Waals surface area contributed by atoms with E-state index in [1.165, 1.54) is 11.3 Å². The number of nitrogens with zero attached hydrogens (tertiary/aromatic N) is 5. The summed E-state index contributed by atoms with van der Waals surface area (Å²) in [7, 11) is 5.22. The number of hydrogen-bond acceptors (Lipinski definition) is 8. The lowest BCUT2D eigenvalue weighted by atomic mass is 10.1. The van der Waals surface area contributed by atoms with Crippen LogP contribution in [0.2, 0.25) is 0 Å². The monoisotopic (exact) mass is 452 g/mol. The number of urea groups is 1. The summed E-state index contributed by atoms with van der Waals surface area (Å²) in [6.45, 7) is 8.05. The van der Waals surface area contributed by atoms with Crippen LogP contribution in [0.1, 0.15) is 50.5 Å². The molecule has 2 aliphatic rings. The minimum Gasteiger partial charge on any atom is -0.364 e. The average molecular weight is 453 g/mol. The number of nitrogens with two attached hydrogens (primary N) is 2. The first-order chi connectivity index (χ1) is 14.7. The van der Waals surface area contributed by atoms with Crippen LogP contribution >= 0.6 is 11.9 Å². The maximum Gasteiger partial charge on any atom is 0.314 e. The van der Waals surface area contributed by atoms with Crippen molar-refractivity contribution in [3.05, 3.63) is 23.0 Å². The van der Waals surface area contributed by atoms with Gasteiger partial charge < -0.3 is 26.6 Å². The largest absolute Gasteiger partial charge is 0.364 e. The highest BCUT2D eigenvalue weighted by atomic mass is 32.2. The quantitative estimate of drug-likeness (QED) is 0.593. The maximum absolute atomic E-state index is 11.6. The molecular formula is C20H36N8O2S. The van der Waals surface area contributed by atoms with Crippen molar-refractivity contribution in [1.29, 1.82) is 0 Å². The molecule has 1 saturated heterocycles. The number of hydrogen-bond donors (Lipinski definition) is 3. The molecule has 0 saturated carbocycles. The lowest BCUT2D eigenvalue weighted by Gasteiger charge is -2.27. The summed E-state index contributed by atoms with van der Waals surface area (Å²) in [5, 5.41) is 4.15. The van der Waals surface area contributed by atoms with Crippen molar-refractivity contribution in [2.24, 2.45) is 11.5 Å². The molecule has 1 atom stereocenters. The highest BCUT2D eigenvalue weighted by molar-refractivity contribution is 8.01. The molecule has 11 heteroatoms. The smallest absolute Gasteiger partial charge is 0.314 e. The van der Waals surface area contributed by atoms with Crippen LogP contribution in [0.5, 0.6) is 0 Å². The van der Waals surface area contributed by atoms with Crippen molar-refractivity contribution in [3.63, 3.8) is 0 Å². The van der Waals surface area contributed by atoms with Crippen LogP contribution in [0, 0.1) is 0 Å². The van der Waals surface area contributed by atoms with E-state index in [0.717, 1.165) is 36.8 Å². The Kier molecular flexibility index (Phi) is 11.1. The molecule has 0 aliphatic carbocycles. The lowest BCUT2D eigenvalue weighted by Crippen LogP contribution is -2.31. The molecule has 0 aromatic carbocycles. The number of carbonyl (C=O) groups excluding carboxylic acids is 2. The SMILES string of the molecule is CC.CC1C=C(Nc2nc(N3CCCCC3)cnc2C(N)=O)SN1C.CN(C)C(N)=O. The van der Waals surface area contributed by atoms with Gasteiger partial charge in [-0.05, 0) is 51.3 Å². The number of amides is 3. The summed E-state index contributed by atoms with van der Waals surface area (Å²) >= 11 is 1.58. The second-order valence-corrected chi connectivity index (χ2v) is 8.30. The summed E-state index contributed by atoms with van der Waals surface area (Å²) in [5.41, 5.74) is 10.3. The van der Waals surface area contributed by atoms with Crippen LogP contribution in [0.3, 0.4) is 0 Å². The molecule has 10 nitrogen and oxygen atoms in total. The first kappa shape index (κ1) is 26.5. The van der Waals surface area contributed by atoms with Gasteiger partial charge in [-0.15, -0.1) is 0 Å². The number of likely N-dealkylation sites (N-methyl/N-ethyl adjacent to an activating group) is 1. The number of rotatable bonds is 4. The molecule has 2 aliphatic heterocycles. The van der Waals surface area contributed by atoms with Gasteiger partial charge >= 0.3 is 6.03 Å². The van der Waals surface area contributed by atoms with Gasteiger partial charge in [0.05, 0.1) is 11.2 Å². The molecule has 31 heavy (non-hydrogen) atoms. The number of primary amides is 2. The van der Waals surface area contributed by atoms with E-state index in [0.29, 0.717) is 11.9 Å². The van der Waals surface area contributed by atoms with Gasteiger partial charge in [-0.2, -0.15) is 0 Å². The standard InChI is InChI=1S/C15H22N6OS.C3H8N2O.C2H6/c1-10-8-12(23-20(10)2)19-15-13(14(16)22)17-9-11(18-15)21-6-4-3-5-7-21;1-5(2)3(4)6;1-2/h8-10H,3-7H2,1-2H3,(H2,16,22)(H,18,19);1-2H3,(H2,4,6);1-2H3. The average Bonchev–Trinajstić information content (AvgIpc) is 3.07. The third-order valence-electron chi connectivity index (χ3n) is 4.56. The molecule has 0 bridgehead atoms. The summed E-state index contributed by atoms with van der Waals surface area (Å²) in [6.07, 6.45) is 7.30. The van der Waals surface area contributed by atoms with E-state index in [9.17, 15) is 9.59 Å². The molecule has 1 unspecified atom stereocenters. The van der Waals surface area contributed by atoms with E-state index in [1.807, 2.05) is 20.9 Å². The Hall–Kier alpha value is -2.53. The minimum absolute atomic E-state index is 0.175. The van der Waals surface area contributed by atoms with Gasteiger partial charge in [-0.3, -0.25) is 4.79 Å². The molecule has 0 spiro atoms. The van der Waals surface area contributed by atoms with Crippen LogP contribution < -0.4 is 21.7 Å². The Morgan fingerprint density at radius 2 is 1.77 bits per heavy atom. The molecule has 0 radical (unpaired) electrons. The molecule has 3 heterocycles. The minimum atomic E-state index is -0.574. The highest BCUT2D eigenvalue weighted by Gasteiger charge is 2.22. The van der Waals surface area contributed by atoms with Gasteiger partial charge in [0.25, 0.3) is 5.91 Å². The Morgan fingerprint density at radius 3 is 2.23 bits per heavy atom. The van der Waals surface area contributed by atoms with Crippen molar-refractivity contribution >= 4 is 35.5 Å². The van der Waals surface area contributed by atoms with Gasteiger partial charge in [0.15, 0.2) is 11.5 Å². The van der Waals surface area contributed by atoms with E-state index < -0.39 is 11.9 Å². The van der Waals surface area contributed by atoms with Crippen LogP contribution in [0.15, 0.2) is 17.3 Å². The Morgan fingerprint density at radius 1 is 1.19 bits per heavy atom. The van der Waals surface area contributed by atoms with E-state index in [1.54, 1.807) is 32.2 Å². The zero-order valence-corrected chi connectivity index (χ0v) is 20.2. The van der Waals surface area contributed by atoms with Crippen molar-refractivity contribution < 1.29 is 9.59 Å². The van der Waals surface area contributed by atoms with E-state index in [2.05, 4.69) is 37.5 Å². The second kappa shape index (κ2) is 13.0. The van der Waals surface area contributed by atoms with Crippen molar-refractivity contribution in [3.8, 4) is 0 Å². The summed E-state index contributed by atoms with van der Waals surface area (Å²) in [6, 6.07) is -0.0900. The van der Waals surface area contributed by atoms with Crippen LogP contribution in [-0.2, 0) is 0 Å². The summed E-state index contributed by atoms with van der Waals surface area (Å²) in [4.78, 5) is 33.9. The van der Waals surface area contributed by atoms with Crippen LogP contribution in [-0.4, -0.2) is 71.4 Å². The zero-order valence-electron chi connectivity index (χ0n) is 19.4. The van der Waals surface area contributed by atoms with Crippen LogP contribution in [0.25, 0.3) is 0 Å². The lowest BCUT2D eigenvalue weighted by molar-refractivity contribution is 0.0996. The molecular weight excluding hydrogens is 416 g/mol. The van der Waals surface area contributed by atoms with Crippen molar-refractivity contribution in [2.75, 3.05) is 44.4 Å².